The summed E-state index contributed by atoms with van der Waals surface area (Å²) in [6, 6.07) is 4.74. The number of likely N-dealkylation sites (N-methyl/N-ethyl adjacent to an activating group) is 1. The third kappa shape index (κ3) is 2.90. The molecule has 0 heterocycles. The third-order valence-electron chi connectivity index (χ3n) is 4.05. The zero-order valence-electron chi connectivity index (χ0n) is 11.6. The fourth-order valence-corrected chi connectivity index (χ4v) is 2.98. The van der Waals surface area contributed by atoms with Crippen LogP contribution in [0.5, 0.6) is 0 Å². The Morgan fingerprint density at radius 2 is 2.05 bits per heavy atom. The lowest BCUT2D eigenvalue weighted by Gasteiger charge is -2.38. The summed E-state index contributed by atoms with van der Waals surface area (Å²) in [4.78, 5) is 1.87. The molecule has 106 valence electrons. The molecule has 0 spiro atoms. The molecular weight excluding hydrogens is 243 g/mol. The number of rotatable bonds is 3. The monoisotopic (exact) mass is 266 g/mol. The van der Waals surface area contributed by atoms with Gasteiger partial charge in [0, 0.05) is 13.1 Å². The van der Waals surface area contributed by atoms with Crippen molar-refractivity contribution in [2.75, 3.05) is 11.9 Å². The number of anilines is 1. The summed E-state index contributed by atoms with van der Waals surface area (Å²) >= 11 is 0. The van der Waals surface area contributed by atoms with Crippen molar-refractivity contribution in [3.63, 3.8) is 0 Å². The van der Waals surface area contributed by atoms with Crippen molar-refractivity contribution in [3.8, 4) is 0 Å². The van der Waals surface area contributed by atoms with Crippen molar-refractivity contribution in [1.29, 1.82) is 0 Å². The quantitative estimate of drug-likeness (QED) is 0.884. The van der Waals surface area contributed by atoms with E-state index in [1.54, 1.807) is 6.07 Å². The minimum Gasteiger partial charge on any atom is -0.391 e. The number of para-hydroxylation sites is 1. The van der Waals surface area contributed by atoms with Gasteiger partial charge in [-0.25, -0.2) is 4.39 Å². The van der Waals surface area contributed by atoms with Crippen LogP contribution in [0.25, 0.3) is 0 Å². The highest BCUT2D eigenvalue weighted by Gasteiger charge is 2.29. The summed E-state index contributed by atoms with van der Waals surface area (Å²) in [5.74, 6) is -0.268. The van der Waals surface area contributed by atoms with Crippen molar-refractivity contribution in [2.45, 2.75) is 50.8 Å². The van der Waals surface area contributed by atoms with Gasteiger partial charge in [-0.3, -0.25) is 0 Å². The Morgan fingerprint density at radius 3 is 2.68 bits per heavy atom. The van der Waals surface area contributed by atoms with Gasteiger partial charge in [-0.1, -0.05) is 25.0 Å². The molecule has 2 unspecified atom stereocenters. The number of hydrogen-bond acceptors (Lipinski definition) is 3. The highest BCUT2D eigenvalue weighted by Crippen LogP contribution is 2.32. The van der Waals surface area contributed by atoms with Crippen molar-refractivity contribution < 1.29 is 9.50 Å². The number of aliphatic hydroxyl groups excluding tert-OH is 1. The number of nitrogens with zero attached hydrogens (tertiary/aromatic N) is 1. The van der Waals surface area contributed by atoms with Gasteiger partial charge in [0.05, 0.1) is 17.8 Å². The number of nitrogens with two attached hydrogens (primary N) is 1. The van der Waals surface area contributed by atoms with Crippen molar-refractivity contribution in [2.24, 2.45) is 5.73 Å². The highest BCUT2D eigenvalue weighted by molar-refractivity contribution is 5.56. The molecule has 3 N–H and O–H groups in total. The smallest absolute Gasteiger partial charge is 0.146 e. The molecule has 3 atom stereocenters. The molecule has 4 heteroatoms. The average molecular weight is 266 g/mol. The second-order valence-electron chi connectivity index (χ2n) is 5.50. The molecule has 3 nitrogen and oxygen atoms in total. The van der Waals surface area contributed by atoms with Crippen LogP contribution in [0.4, 0.5) is 10.1 Å². The van der Waals surface area contributed by atoms with Gasteiger partial charge in [-0.15, -0.1) is 0 Å². The fourth-order valence-electron chi connectivity index (χ4n) is 2.98. The molecule has 1 saturated carbocycles. The van der Waals surface area contributed by atoms with Crippen LogP contribution in [0.2, 0.25) is 0 Å². The lowest BCUT2D eigenvalue weighted by Crippen LogP contribution is -2.44. The van der Waals surface area contributed by atoms with Crippen LogP contribution in [0.3, 0.4) is 0 Å². The number of halogens is 1. The van der Waals surface area contributed by atoms with E-state index in [-0.39, 0.29) is 24.0 Å². The molecule has 0 saturated heterocycles. The van der Waals surface area contributed by atoms with E-state index in [0.29, 0.717) is 5.69 Å². The zero-order valence-corrected chi connectivity index (χ0v) is 11.6. The van der Waals surface area contributed by atoms with Gasteiger partial charge in [0.25, 0.3) is 0 Å². The molecule has 2 rings (SSSR count). The van der Waals surface area contributed by atoms with E-state index in [9.17, 15) is 9.50 Å². The second-order valence-corrected chi connectivity index (χ2v) is 5.50. The maximum atomic E-state index is 14.2. The summed E-state index contributed by atoms with van der Waals surface area (Å²) in [7, 11) is 1.85. The summed E-state index contributed by atoms with van der Waals surface area (Å²) in [5.41, 5.74) is 7.25. The first-order valence-corrected chi connectivity index (χ1v) is 6.97. The number of hydrogen-bond donors (Lipinski definition) is 2. The molecule has 19 heavy (non-hydrogen) atoms. The second kappa shape index (κ2) is 5.88. The first-order valence-electron chi connectivity index (χ1n) is 6.97. The minimum atomic E-state index is -0.390. The molecule has 1 aromatic carbocycles. The van der Waals surface area contributed by atoms with Gasteiger partial charge in [0.2, 0.25) is 0 Å². The van der Waals surface area contributed by atoms with Crippen molar-refractivity contribution >= 4 is 5.69 Å². The largest absolute Gasteiger partial charge is 0.391 e. The third-order valence-corrected chi connectivity index (χ3v) is 4.05. The van der Waals surface area contributed by atoms with Gasteiger partial charge < -0.3 is 15.7 Å². The van der Waals surface area contributed by atoms with Gasteiger partial charge in [-0.05, 0) is 31.4 Å². The standard InChI is InChI=1S/C15H23FN2O/c1-10(17)11-6-5-7-12(16)15(11)18(2)13-8-3-4-9-14(13)19/h5-7,10,13-14,19H,3-4,8-9,17H2,1-2H3/t10-,13?,14?/m1/s1. The summed E-state index contributed by atoms with van der Waals surface area (Å²) in [6.07, 6.45) is 3.41. The van der Waals surface area contributed by atoms with Crippen molar-refractivity contribution in [1.82, 2.24) is 0 Å². The molecule has 1 aliphatic carbocycles. The Bertz CT molecular complexity index is 436. The van der Waals surface area contributed by atoms with Crippen LogP contribution in [0.15, 0.2) is 18.2 Å². The molecule has 1 aliphatic rings. The average Bonchev–Trinajstić information content (AvgIpc) is 2.38. The molecular formula is C15H23FN2O. The first-order chi connectivity index (χ1) is 9.02. The lowest BCUT2D eigenvalue weighted by atomic mass is 9.90. The van der Waals surface area contributed by atoms with Crippen LogP contribution in [0.1, 0.15) is 44.2 Å². The van der Waals surface area contributed by atoms with Gasteiger partial charge in [0.15, 0.2) is 0 Å². The van der Waals surface area contributed by atoms with Gasteiger partial charge >= 0.3 is 0 Å². The van der Waals surface area contributed by atoms with Crippen molar-refractivity contribution in [3.05, 3.63) is 29.6 Å². The summed E-state index contributed by atoms with van der Waals surface area (Å²) in [6.45, 7) is 1.85. The topological polar surface area (TPSA) is 49.5 Å². The molecule has 0 bridgehead atoms. The number of benzene rings is 1. The molecule has 0 aromatic heterocycles. The normalized spacial score (nSPS) is 25.1. The van der Waals surface area contributed by atoms with E-state index in [1.807, 2.05) is 24.9 Å². The predicted octanol–water partition coefficient (Wildman–Crippen LogP) is 2.59. The highest BCUT2D eigenvalue weighted by atomic mass is 19.1. The maximum absolute atomic E-state index is 14.2. The molecule has 0 radical (unpaired) electrons. The van der Waals surface area contributed by atoms with Crippen LogP contribution in [-0.4, -0.2) is 24.3 Å². The summed E-state index contributed by atoms with van der Waals surface area (Å²) < 4.78 is 14.2. The maximum Gasteiger partial charge on any atom is 0.146 e. The van der Waals surface area contributed by atoms with Gasteiger partial charge in [-0.2, -0.15) is 0 Å². The zero-order chi connectivity index (χ0) is 14.0. The van der Waals surface area contributed by atoms with E-state index in [1.165, 1.54) is 6.07 Å². The SMILES string of the molecule is C[C@@H](N)c1cccc(F)c1N(C)C1CCCCC1O. The van der Waals surface area contributed by atoms with Crippen LogP contribution >= 0.6 is 0 Å². The van der Waals surface area contributed by atoms with Crippen LogP contribution < -0.4 is 10.6 Å². The van der Waals surface area contributed by atoms with E-state index < -0.39 is 0 Å². The predicted molar refractivity (Wildman–Crippen MR) is 75.7 cm³/mol. The Morgan fingerprint density at radius 1 is 1.37 bits per heavy atom. The lowest BCUT2D eigenvalue weighted by molar-refractivity contribution is 0.106. The summed E-state index contributed by atoms with van der Waals surface area (Å²) in [5, 5.41) is 10.1. The Labute approximate surface area is 114 Å². The molecule has 0 amide bonds. The Balaban J connectivity index is 2.34. The van der Waals surface area contributed by atoms with Gasteiger partial charge in [0.1, 0.15) is 5.82 Å². The first kappa shape index (κ1) is 14.3. The van der Waals surface area contributed by atoms with Crippen LogP contribution in [0, 0.1) is 5.82 Å². The minimum absolute atomic E-state index is 0.0249. The van der Waals surface area contributed by atoms with E-state index in [0.717, 1.165) is 31.2 Å². The molecule has 1 fully saturated rings. The Kier molecular flexibility index (Phi) is 4.42. The fraction of sp³-hybridized carbons (Fsp3) is 0.600. The number of aliphatic hydroxyl groups is 1. The molecule has 1 aromatic rings. The van der Waals surface area contributed by atoms with Crippen LogP contribution in [-0.2, 0) is 0 Å². The van der Waals surface area contributed by atoms with E-state index in [4.69, 9.17) is 5.73 Å². The van der Waals surface area contributed by atoms with E-state index in [2.05, 4.69) is 0 Å². The van der Waals surface area contributed by atoms with E-state index >= 15 is 0 Å². The Hall–Kier alpha value is -1.13. The molecule has 0 aliphatic heterocycles.